The Kier molecular flexibility index (Phi) is 3.36. The van der Waals surface area contributed by atoms with E-state index in [0.717, 1.165) is 23.3 Å². The Morgan fingerprint density at radius 2 is 1.71 bits per heavy atom. The quantitative estimate of drug-likeness (QED) is 0.768. The van der Waals surface area contributed by atoms with Gasteiger partial charge in [0, 0.05) is 16.0 Å². The minimum absolute atomic E-state index is 0.526. The van der Waals surface area contributed by atoms with Crippen LogP contribution in [0.1, 0.15) is 37.4 Å². The number of benzene rings is 1. The molecule has 0 saturated heterocycles. The number of hydrogen-bond acceptors (Lipinski definition) is 2. The first-order chi connectivity index (χ1) is 10.1. The SMILES string of the molecule is S=c1[nH]nc(C2C3CCCCC32)n1-c1cc(Cl)cc(Cl)c1. The summed E-state index contributed by atoms with van der Waals surface area (Å²) in [6.07, 6.45) is 5.30. The number of halogens is 2. The molecule has 0 spiro atoms. The van der Waals surface area contributed by atoms with Crippen molar-refractivity contribution in [2.45, 2.75) is 31.6 Å². The normalized spacial score (nSPS) is 27.4. The van der Waals surface area contributed by atoms with E-state index in [-0.39, 0.29) is 0 Å². The van der Waals surface area contributed by atoms with Gasteiger partial charge in [0.25, 0.3) is 0 Å². The molecule has 2 aromatic rings. The summed E-state index contributed by atoms with van der Waals surface area (Å²) in [7, 11) is 0. The molecular formula is C15H15Cl2N3S. The van der Waals surface area contributed by atoms with Crippen LogP contribution in [0.4, 0.5) is 0 Å². The Labute approximate surface area is 138 Å². The Balaban J connectivity index is 1.79. The highest BCUT2D eigenvalue weighted by Gasteiger charge is 2.53. The molecule has 6 heteroatoms. The lowest BCUT2D eigenvalue weighted by molar-refractivity contribution is 0.480. The van der Waals surface area contributed by atoms with Crippen molar-refractivity contribution in [1.29, 1.82) is 0 Å². The molecule has 1 aromatic heterocycles. The lowest BCUT2D eigenvalue weighted by atomic mass is 10.0. The number of nitrogens with one attached hydrogen (secondary N) is 1. The van der Waals surface area contributed by atoms with Gasteiger partial charge in [-0.1, -0.05) is 36.0 Å². The fraction of sp³-hybridized carbons (Fsp3) is 0.467. The van der Waals surface area contributed by atoms with Gasteiger partial charge in [-0.15, -0.1) is 0 Å². The first kappa shape index (κ1) is 13.8. The highest BCUT2D eigenvalue weighted by atomic mass is 35.5. The number of rotatable bonds is 2. The van der Waals surface area contributed by atoms with Crippen molar-refractivity contribution in [3.63, 3.8) is 0 Å². The number of aromatic nitrogens is 3. The van der Waals surface area contributed by atoms with Gasteiger partial charge in [0.15, 0.2) is 4.77 Å². The molecule has 21 heavy (non-hydrogen) atoms. The van der Waals surface area contributed by atoms with Gasteiger partial charge in [-0.3, -0.25) is 9.67 Å². The molecule has 0 bridgehead atoms. The van der Waals surface area contributed by atoms with Crippen molar-refractivity contribution in [2.75, 3.05) is 0 Å². The zero-order valence-corrected chi connectivity index (χ0v) is 13.7. The van der Waals surface area contributed by atoms with Crippen molar-refractivity contribution >= 4 is 35.4 Å². The van der Waals surface area contributed by atoms with E-state index < -0.39 is 0 Å². The van der Waals surface area contributed by atoms with Crippen LogP contribution < -0.4 is 0 Å². The van der Waals surface area contributed by atoms with Gasteiger partial charge in [0.05, 0.1) is 5.69 Å². The monoisotopic (exact) mass is 339 g/mol. The fourth-order valence-electron chi connectivity index (χ4n) is 3.83. The van der Waals surface area contributed by atoms with Gasteiger partial charge in [0.2, 0.25) is 0 Å². The maximum absolute atomic E-state index is 6.13. The van der Waals surface area contributed by atoms with E-state index in [9.17, 15) is 0 Å². The predicted molar refractivity (Wildman–Crippen MR) is 87.0 cm³/mol. The van der Waals surface area contributed by atoms with Crippen LogP contribution in [0.25, 0.3) is 5.69 Å². The first-order valence-corrected chi connectivity index (χ1v) is 8.45. The van der Waals surface area contributed by atoms with Crippen molar-refractivity contribution in [2.24, 2.45) is 11.8 Å². The number of H-pyrrole nitrogens is 1. The van der Waals surface area contributed by atoms with E-state index >= 15 is 0 Å². The second-order valence-electron chi connectivity index (χ2n) is 5.99. The Bertz CT molecular complexity index is 719. The zero-order valence-electron chi connectivity index (χ0n) is 11.4. The topological polar surface area (TPSA) is 33.6 Å². The van der Waals surface area contributed by atoms with Crippen LogP contribution >= 0.6 is 35.4 Å². The third kappa shape index (κ3) is 2.33. The number of fused-ring (bicyclic) bond motifs is 1. The summed E-state index contributed by atoms with van der Waals surface area (Å²) < 4.78 is 2.60. The molecule has 0 amide bonds. The maximum atomic E-state index is 6.13. The van der Waals surface area contributed by atoms with E-state index in [1.54, 1.807) is 6.07 Å². The van der Waals surface area contributed by atoms with E-state index in [2.05, 4.69) is 10.2 Å². The summed E-state index contributed by atoms with van der Waals surface area (Å²) in [5.74, 6) is 3.11. The Morgan fingerprint density at radius 1 is 1.10 bits per heavy atom. The molecule has 3 nitrogen and oxygen atoms in total. The van der Waals surface area contributed by atoms with Crippen LogP contribution in [0, 0.1) is 16.6 Å². The first-order valence-electron chi connectivity index (χ1n) is 7.29. The minimum atomic E-state index is 0.526. The number of nitrogens with zero attached hydrogens (tertiary/aromatic N) is 2. The average Bonchev–Trinajstić information content (AvgIpc) is 3.04. The van der Waals surface area contributed by atoms with Gasteiger partial charge in [-0.2, -0.15) is 5.10 Å². The maximum Gasteiger partial charge on any atom is 0.199 e. The molecule has 1 aromatic carbocycles. The van der Waals surface area contributed by atoms with E-state index in [1.807, 2.05) is 16.7 Å². The number of hydrogen-bond donors (Lipinski definition) is 1. The van der Waals surface area contributed by atoms with Gasteiger partial charge in [-0.25, -0.2) is 0 Å². The molecule has 2 unspecified atom stereocenters. The molecule has 1 N–H and O–H groups in total. The van der Waals surface area contributed by atoms with E-state index in [1.165, 1.54) is 25.7 Å². The minimum Gasteiger partial charge on any atom is -0.272 e. The largest absolute Gasteiger partial charge is 0.272 e. The van der Waals surface area contributed by atoms with Gasteiger partial charge in [0.1, 0.15) is 5.82 Å². The van der Waals surface area contributed by atoms with E-state index in [0.29, 0.717) is 20.7 Å². The summed E-state index contributed by atoms with van der Waals surface area (Å²) in [6, 6.07) is 5.50. The zero-order chi connectivity index (χ0) is 14.6. The highest BCUT2D eigenvalue weighted by molar-refractivity contribution is 7.71. The summed E-state index contributed by atoms with van der Waals surface area (Å²) >= 11 is 17.7. The average molecular weight is 340 g/mol. The molecule has 1 heterocycles. The standard InChI is InChI=1S/C15H15Cl2N3S/c16-8-5-9(17)7-10(6-8)20-14(18-19-15(20)21)13-11-3-1-2-4-12(11)13/h5-7,11-13H,1-4H2,(H,19,21). The second-order valence-corrected chi connectivity index (χ2v) is 7.25. The van der Waals surface area contributed by atoms with Crippen LogP contribution in [0.3, 0.4) is 0 Å². The van der Waals surface area contributed by atoms with Crippen molar-refractivity contribution < 1.29 is 0 Å². The molecule has 2 aliphatic rings. The molecule has 4 rings (SSSR count). The molecule has 2 atom stereocenters. The lowest BCUT2D eigenvalue weighted by Gasteiger charge is -2.08. The smallest absolute Gasteiger partial charge is 0.199 e. The Hall–Kier alpha value is -0.840. The Morgan fingerprint density at radius 3 is 2.33 bits per heavy atom. The van der Waals surface area contributed by atoms with E-state index in [4.69, 9.17) is 35.4 Å². The van der Waals surface area contributed by atoms with Crippen LogP contribution in [-0.4, -0.2) is 14.8 Å². The molecular weight excluding hydrogens is 325 g/mol. The summed E-state index contributed by atoms with van der Waals surface area (Å²) in [6.45, 7) is 0. The van der Waals surface area contributed by atoms with Gasteiger partial charge in [-0.05, 0) is 55.1 Å². The summed E-state index contributed by atoms with van der Waals surface area (Å²) in [5, 5.41) is 8.65. The fourth-order valence-corrected chi connectivity index (χ4v) is 4.59. The van der Waals surface area contributed by atoms with Crippen molar-refractivity contribution in [3.05, 3.63) is 38.8 Å². The van der Waals surface area contributed by atoms with Crippen LogP contribution in [0.5, 0.6) is 0 Å². The lowest BCUT2D eigenvalue weighted by Crippen LogP contribution is -2.01. The summed E-state index contributed by atoms with van der Waals surface area (Å²) in [5.41, 5.74) is 0.893. The third-order valence-electron chi connectivity index (χ3n) is 4.76. The van der Waals surface area contributed by atoms with Crippen LogP contribution in [0.2, 0.25) is 10.0 Å². The number of aromatic amines is 1. The molecule has 0 aliphatic heterocycles. The molecule has 110 valence electrons. The van der Waals surface area contributed by atoms with Gasteiger partial charge < -0.3 is 0 Å². The predicted octanol–water partition coefficient (Wildman–Crippen LogP) is 5.14. The van der Waals surface area contributed by atoms with Crippen molar-refractivity contribution in [3.8, 4) is 5.69 Å². The van der Waals surface area contributed by atoms with Crippen molar-refractivity contribution in [1.82, 2.24) is 14.8 Å². The third-order valence-corrected chi connectivity index (χ3v) is 5.47. The molecule has 2 fully saturated rings. The highest BCUT2D eigenvalue weighted by Crippen LogP contribution is 2.60. The second kappa shape index (κ2) is 5.11. The molecule has 2 saturated carbocycles. The van der Waals surface area contributed by atoms with Crippen LogP contribution in [-0.2, 0) is 0 Å². The molecule has 2 aliphatic carbocycles. The van der Waals surface area contributed by atoms with Crippen LogP contribution in [0.15, 0.2) is 18.2 Å². The molecule has 0 radical (unpaired) electrons. The summed E-state index contributed by atoms with van der Waals surface area (Å²) in [4.78, 5) is 0. The van der Waals surface area contributed by atoms with Gasteiger partial charge >= 0.3 is 0 Å².